The van der Waals surface area contributed by atoms with Crippen LogP contribution in [0.15, 0.2) is 6.20 Å². The van der Waals surface area contributed by atoms with Gasteiger partial charge in [-0.25, -0.2) is 9.97 Å². The lowest BCUT2D eigenvalue weighted by Gasteiger charge is -2.27. The third-order valence-electron chi connectivity index (χ3n) is 4.54. The van der Waals surface area contributed by atoms with E-state index < -0.39 is 0 Å². The van der Waals surface area contributed by atoms with E-state index in [0.29, 0.717) is 6.04 Å². The second-order valence-electron chi connectivity index (χ2n) is 6.33. The standard InChI is InChI=1S/C16H26N4/c1-12-6-4-3-5-9-20(12)16-18-11-14(13(2)19-16)10-17-15-7-8-15/h11-12,15,17H,3-10H2,1-2H3. The number of anilines is 1. The summed E-state index contributed by atoms with van der Waals surface area (Å²) in [6.45, 7) is 6.41. The van der Waals surface area contributed by atoms with Crippen molar-refractivity contribution in [3.63, 3.8) is 0 Å². The lowest BCUT2D eigenvalue weighted by molar-refractivity contribution is 0.602. The van der Waals surface area contributed by atoms with Gasteiger partial charge in [-0.1, -0.05) is 12.8 Å². The van der Waals surface area contributed by atoms with E-state index in [9.17, 15) is 0 Å². The molecule has 4 heteroatoms. The second-order valence-corrected chi connectivity index (χ2v) is 6.33. The quantitative estimate of drug-likeness (QED) is 0.916. The smallest absolute Gasteiger partial charge is 0.225 e. The van der Waals surface area contributed by atoms with Gasteiger partial charge in [-0.2, -0.15) is 0 Å². The summed E-state index contributed by atoms with van der Waals surface area (Å²) >= 11 is 0. The van der Waals surface area contributed by atoms with Crippen LogP contribution in [0.25, 0.3) is 0 Å². The number of rotatable bonds is 4. The average molecular weight is 274 g/mol. The summed E-state index contributed by atoms with van der Waals surface area (Å²) < 4.78 is 0. The van der Waals surface area contributed by atoms with E-state index in [1.807, 2.05) is 6.20 Å². The molecule has 3 rings (SSSR count). The first-order chi connectivity index (χ1) is 9.74. The molecule has 1 unspecified atom stereocenters. The van der Waals surface area contributed by atoms with E-state index in [1.165, 1.54) is 44.1 Å². The number of nitrogens with one attached hydrogen (secondary N) is 1. The number of aryl methyl sites for hydroxylation is 1. The zero-order valence-corrected chi connectivity index (χ0v) is 12.7. The fourth-order valence-electron chi connectivity index (χ4n) is 2.91. The monoisotopic (exact) mass is 274 g/mol. The summed E-state index contributed by atoms with van der Waals surface area (Å²) in [5.41, 5.74) is 2.36. The zero-order valence-electron chi connectivity index (χ0n) is 12.7. The maximum atomic E-state index is 4.76. The van der Waals surface area contributed by atoms with Gasteiger partial charge in [-0.15, -0.1) is 0 Å². The maximum Gasteiger partial charge on any atom is 0.225 e. The molecule has 0 bridgehead atoms. The summed E-state index contributed by atoms with van der Waals surface area (Å²) in [6.07, 6.45) is 9.85. The van der Waals surface area contributed by atoms with Crippen LogP contribution in [0.2, 0.25) is 0 Å². The van der Waals surface area contributed by atoms with Crippen LogP contribution in [0.5, 0.6) is 0 Å². The summed E-state index contributed by atoms with van der Waals surface area (Å²) in [4.78, 5) is 11.8. The fraction of sp³-hybridized carbons (Fsp3) is 0.750. The molecular formula is C16H26N4. The minimum Gasteiger partial charge on any atom is -0.338 e. The van der Waals surface area contributed by atoms with E-state index >= 15 is 0 Å². The van der Waals surface area contributed by atoms with Crippen molar-refractivity contribution < 1.29 is 0 Å². The largest absolute Gasteiger partial charge is 0.338 e. The molecule has 1 aromatic rings. The number of hydrogen-bond acceptors (Lipinski definition) is 4. The van der Waals surface area contributed by atoms with Gasteiger partial charge in [-0.05, 0) is 39.5 Å². The number of aromatic nitrogens is 2. The highest BCUT2D eigenvalue weighted by Gasteiger charge is 2.22. The van der Waals surface area contributed by atoms with Gasteiger partial charge in [0.1, 0.15) is 0 Å². The molecule has 1 atom stereocenters. The Bertz CT molecular complexity index is 456. The molecule has 1 N–H and O–H groups in total. The van der Waals surface area contributed by atoms with Crippen molar-refractivity contribution in [1.29, 1.82) is 0 Å². The lowest BCUT2D eigenvalue weighted by atomic mass is 10.1. The summed E-state index contributed by atoms with van der Waals surface area (Å²) in [5.74, 6) is 0.923. The van der Waals surface area contributed by atoms with Gasteiger partial charge in [-0.3, -0.25) is 0 Å². The summed E-state index contributed by atoms with van der Waals surface area (Å²) in [7, 11) is 0. The van der Waals surface area contributed by atoms with Crippen molar-refractivity contribution in [2.75, 3.05) is 11.4 Å². The van der Waals surface area contributed by atoms with Gasteiger partial charge in [0.15, 0.2) is 0 Å². The molecule has 0 aromatic carbocycles. The van der Waals surface area contributed by atoms with Crippen LogP contribution < -0.4 is 10.2 Å². The van der Waals surface area contributed by atoms with E-state index in [4.69, 9.17) is 4.98 Å². The molecular weight excluding hydrogens is 248 g/mol. The lowest BCUT2D eigenvalue weighted by Crippen LogP contribution is -2.34. The fourth-order valence-corrected chi connectivity index (χ4v) is 2.91. The van der Waals surface area contributed by atoms with Crippen molar-refractivity contribution in [2.45, 2.75) is 71.0 Å². The third-order valence-corrected chi connectivity index (χ3v) is 4.54. The van der Waals surface area contributed by atoms with Gasteiger partial charge in [0.05, 0.1) is 0 Å². The van der Waals surface area contributed by atoms with Gasteiger partial charge in [0.2, 0.25) is 5.95 Å². The second kappa shape index (κ2) is 6.08. The van der Waals surface area contributed by atoms with Gasteiger partial charge in [0.25, 0.3) is 0 Å². The first-order valence-corrected chi connectivity index (χ1v) is 8.06. The van der Waals surface area contributed by atoms with E-state index in [0.717, 1.165) is 30.8 Å². The Morgan fingerprint density at radius 3 is 2.85 bits per heavy atom. The predicted octanol–water partition coefficient (Wildman–Crippen LogP) is 2.81. The Balaban J connectivity index is 1.70. The topological polar surface area (TPSA) is 41.1 Å². The molecule has 0 amide bonds. The number of nitrogens with zero attached hydrogens (tertiary/aromatic N) is 3. The van der Waals surface area contributed by atoms with Crippen LogP contribution in [0.4, 0.5) is 5.95 Å². The molecule has 1 saturated carbocycles. The molecule has 2 heterocycles. The molecule has 0 spiro atoms. The maximum absolute atomic E-state index is 4.76. The van der Waals surface area contributed by atoms with Crippen molar-refractivity contribution in [2.24, 2.45) is 0 Å². The molecule has 1 aromatic heterocycles. The number of hydrogen-bond donors (Lipinski definition) is 1. The molecule has 1 aliphatic heterocycles. The van der Waals surface area contributed by atoms with Gasteiger partial charge in [0, 0.05) is 42.6 Å². The molecule has 1 aliphatic carbocycles. The van der Waals surface area contributed by atoms with Crippen molar-refractivity contribution in [3.05, 3.63) is 17.5 Å². The minimum atomic E-state index is 0.562. The molecule has 4 nitrogen and oxygen atoms in total. The van der Waals surface area contributed by atoms with E-state index in [1.54, 1.807) is 0 Å². The molecule has 2 aliphatic rings. The van der Waals surface area contributed by atoms with Gasteiger partial charge < -0.3 is 10.2 Å². The van der Waals surface area contributed by atoms with Gasteiger partial charge >= 0.3 is 0 Å². The van der Waals surface area contributed by atoms with Crippen LogP contribution in [0.3, 0.4) is 0 Å². The predicted molar refractivity (Wildman–Crippen MR) is 81.9 cm³/mol. The van der Waals surface area contributed by atoms with Crippen LogP contribution in [-0.2, 0) is 6.54 Å². The highest BCUT2D eigenvalue weighted by molar-refractivity contribution is 5.34. The third kappa shape index (κ3) is 3.29. The Morgan fingerprint density at radius 2 is 2.10 bits per heavy atom. The highest BCUT2D eigenvalue weighted by Crippen LogP contribution is 2.22. The van der Waals surface area contributed by atoms with Crippen LogP contribution >= 0.6 is 0 Å². The van der Waals surface area contributed by atoms with Crippen LogP contribution in [0, 0.1) is 6.92 Å². The summed E-state index contributed by atoms with van der Waals surface area (Å²) in [6, 6.07) is 1.30. The summed E-state index contributed by atoms with van der Waals surface area (Å²) in [5, 5.41) is 3.54. The Labute approximate surface area is 122 Å². The van der Waals surface area contributed by atoms with Crippen LogP contribution in [-0.4, -0.2) is 28.6 Å². The Kier molecular flexibility index (Phi) is 4.20. The minimum absolute atomic E-state index is 0.562. The van der Waals surface area contributed by atoms with E-state index in [-0.39, 0.29) is 0 Å². The Hall–Kier alpha value is -1.16. The molecule has 110 valence electrons. The average Bonchev–Trinajstić information content (AvgIpc) is 3.25. The Morgan fingerprint density at radius 1 is 1.25 bits per heavy atom. The zero-order chi connectivity index (χ0) is 13.9. The first-order valence-electron chi connectivity index (χ1n) is 8.06. The van der Waals surface area contributed by atoms with Crippen molar-refractivity contribution in [3.8, 4) is 0 Å². The van der Waals surface area contributed by atoms with Crippen molar-refractivity contribution in [1.82, 2.24) is 15.3 Å². The molecule has 2 fully saturated rings. The molecule has 20 heavy (non-hydrogen) atoms. The van der Waals surface area contributed by atoms with Crippen molar-refractivity contribution >= 4 is 5.95 Å². The molecule has 0 radical (unpaired) electrons. The van der Waals surface area contributed by atoms with E-state index in [2.05, 4.69) is 29.0 Å². The highest BCUT2D eigenvalue weighted by atomic mass is 15.3. The normalized spacial score (nSPS) is 23.7. The molecule has 1 saturated heterocycles. The first kappa shape index (κ1) is 13.8. The van der Waals surface area contributed by atoms with Crippen LogP contribution in [0.1, 0.15) is 56.7 Å². The SMILES string of the molecule is Cc1nc(N2CCCCCC2C)ncc1CNC1CC1.